The molecule has 1 heterocycles. The van der Waals surface area contributed by atoms with Crippen LogP contribution in [0.1, 0.15) is 6.42 Å². The fourth-order valence-electron chi connectivity index (χ4n) is 1.08. The molecule has 0 aromatic heterocycles. The van der Waals surface area contributed by atoms with Gasteiger partial charge in [-0.15, -0.1) is 0 Å². The fraction of sp³-hybridized carbons (Fsp3) is 0.857. The molecule has 0 amide bonds. The predicted molar refractivity (Wildman–Crippen MR) is 36.9 cm³/mol. The third kappa shape index (κ3) is 2.17. The molecule has 0 saturated carbocycles. The number of aliphatic hydroxyl groups is 1. The largest absolute Gasteiger partial charge is 0.469 e. The molecule has 0 aromatic carbocycles. The van der Waals surface area contributed by atoms with Gasteiger partial charge in [-0.3, -0.25) is 4.79 Å². The molecule has 2 atom stereocenters. The molecule has 0 unspecified atom stereocenters. The molecule has 1 aliphatic rings. The first-order chi connectivity index (χ1) is 5.24. The number of carbonyl (C=O) groups excluding carboxylic acids is 1. The number of ether oxygens (including phenoxy) is 2. The van der Waals surface area contributed by atoms with Crippen LogP contribution in [0.3, 0.4) is 0 Å². The SMILES string of the molecule is COC(=O)C[C@H]1COC[C@@H]1O. The molecule has 0 spiro atoms. The van der Waals surface area contributed by atoms with Crippen LogP contribution in [0.15, 0.2) is 0 Å². The van der Waals surface area contributed by atoms with Crippen molar-refractivity contribution in [2.24, 2.45) is 5.92 Å². The van der Waals surface area contributed by atoms with Crippen LogP contribution in [0.2, 0.25) is 0 Å². The lowest BCUT2D eigenvalue weighted by molar-refractivity contribution is -0.142. The Morgan fingerprint density at radius 2 is 2.45 bits per heavy atom. The predicted octanol–water partition coefficient (Wildman–Crippen LogP) is -0.443. The normalized spacial score (nSPS) is 30.4. The summed E-state index contributed by atoms with van der Waals surface area (Å²) in [5, 5.41) is 9.20. The minimum Gasteiger partial charge on any atom is -0.469 e. The first-order valence-electron chi connectivity index (χ1n) is 3.56. The van der Waals surface area contributed by atoms with Crippen LogP contribution in [-0.2, 0) is 14.3 Å². The summed E-state index contributed by atoms with van der Waals surface area (Å²) in [5.74, 6) is -0.373. The molecule has 1 N–H and O–H groups in total. The maximum atomic E-state index is 10.7. The van der Waals surface area contributed by atoms with E-state index >= 15 is 0 Å². The number of esters is 1. The van der Waals surface area contributed by atoms with Crippen molar-refractivity contribution in [3.05, 3.63) is 0 Å². The van der Waals surface area contributed by atoms with Crippen LogP contribution in [0.4, 0.5) is 0 Å². The Bertz CT molecular complexity index is 145. The van der Waals surface area contributed by atoms with E-state index in [1.54, 1.807) is 0 Å². The van der Waals surface area contributed by atoms with Crippen molar-refractivity contribution in [3.8, 4) is 0 Å². The van der Waals surface area contributed by atoms with Crippen LogP contribution < -0.4 is 0 Å². The van der Waals surface area contributed by atoms with E-state index in [9.17, 15) is 9.90 Å². The maximum absolute atomic E-state index is 10.7. The standard InChI is InChI=1S/C7H12O4/c1-10-7(9)2-5-3-11-4-6(5)8/h5-6,8H,2-4H2,1H3/t5-,6-/m0/s1. The highest BCUT2D eigenvalue weighted by atomic mass is 16.5. The summed E-state index contributed by atoms with van der Waals surface area (Å²) in [7, 11) is 1.34. The smallest absolute Gasteiger partial charge is 0.305 e. The third-order valence-corrected chi connectivity index (χ3v) is 1.82. The van der Waals surface area contributed by atoms with Gasteiger partial charge in [0.2, 0.25) is 0 Å². The topological polar surface area (TPSA) is 55.8 Å². The first-order valence-corrected chi connectivity index (χ1v) is 3.56. The van der Waals surface area contributed by atoms with E-state index in [1.165, 1.54) is 7.11 Å². The number of aliphatic hydroxyl groups excluding tert-OH is 1. The number of rotatable bonds is 2. The van der Waals surface area contributed by atoms with Gasteiger partial charge in [-0.1, -0.05) is 0 Å². The molecule has 11 heavy (non-hydrogen) atoms. The summed E-state index contributed by atoms with van der Waals surface area (Å²) in [6, 6.07) is 0. The van der Waals surface area contributed by atoms with Gasteiger partial charge in [0.15, 0.2) is 0 Å². The summed E-state index contributed by atoms with van der Waals surface area (Å²) >= 11 is 0. The second-order valence-electron chi connectivity index (χ2n) is 2.65. The average molecular weight is 160 g/mol. The first kappa shape index (κ1) is 8.49. The van der Waals surface area contributed by atoms with E-state index in [4.69, 9.17) is 4.74 Å². The Kier molecular flexibility index (Phi) is 2.84. The minimum atomic E-state index is -0.505. The Balaban J connectivity index is 2.30. The molecule has 1 rings (SSSR count). The van der Waals surface area contributed by atoms with Gasteiger partial charge in [0.05, 0.1) is 32.8 Å². The van der Waals surface area contributed by atoms with Crippen LogP contribution in [-0.4, -0.2) is 37.5 Å². The lowest BCUT2D eigenvalue weighted by atomic mass is 10.0. The molecular weight excluding hydrogens is 148 g/mol. The zero-order valence-corrected chi connectivity index (χ0v) is 6.45. The van der Waals surface area contributed by atoms with Gasteiger partial charge in [0, 0.05) is 5.92 Å². The van der Waals surface area contributed by atoms with Crippen LogP contribution in [0.25, 0.3) is 0 Å². The number of methoxy groups -OCH3 is 1. The third-order valence-electron chi connectivity index (χ3n) is 1.82. The van der Waals surface area contributed by atoms with Gasteiger partial charge in [0.25, 0.3) is 0 Å². The van der Waals surface area contributed by atoms with Gasteiger partial charge >= 0.3 is 5.97 Å². The Morgan fingerprint density at radius 3 is 2.91 bits per heavy atom. The van der Waals surface area contributed by atoms with Crippen molar-refractivity contribution in [3.63, 3.8) is 0 Å². The average Bonchev–Trinajstić information content (AvgIpc) is 2.37. The van der Waals surface area contributed by atoms with Crippen molar-refractivity contribution < 1.29 is 19.4 Å². The van der Waals surface area contributed by atoms with Crippen LogP contribution in [0.5, 0.6) is 0 Å². The zero-order chi connectivity index (χ0) is 8.27. The molecule has 1 saturated heterocycles. The molecule has 0 aromatic rings. The van der Waals surface area contributed by atoms with E-state index < -0.39 is 6.10 Å². The second kappa shape index (κ2) is 3.69. The molecule has 4 heteroatoms. The monoisotopic (exact) mass is 160 g/mol. The quantitative estimate of drug-likeness (QED) is 0.556. The lowest BCUT2D eigenvalue weighted by Gasteiger charge is -2.09. The Morgan fingerprint density at radius 1 is 1.73 bits per heavy atom. The summed E-state index contributed by atoms with van der Waals surface area (Å²) < 4.78 is 9.41. The zero-order valence-electron chi connectivity index (χ0n) is 6.45. The van der Waals surface area contributed by atoms with Crippen molar-refractivity contribution in [1.82, 2.24) is 0 Å². The van der Waals surface area contributed by atoms with Crippen molar-refractivity contribution >= 4 is 5.97 Å². The van der Waals surface area contributed by atoms with E-state index in [0.29, 0.717) is 13.2 Å². The van der Waals surface area contributed by atoms with E-state index in [0.717, 1.165) is 0 Å². The molecule has 64 valence electrons. The summed E-state index contributed by atoms with van der Waals surface area (Å²) in [6.07, 6.45) is -0.258. The van der Waals surface area contributed by atoms with E-state index in [1.807, 2.05) is 0 Å². The van der Waals surface area contributed by atoms with Crippen LogP contribution in [0, 0.1) is 5.92 Å². The minimum absolute atomic E-state index is 0.0811. The Labute approximate surface area is 65.1 Å². The number of hydrogen-bond acceptors (Lipinski definition) is 4. The lowest BCUT2D eigenvalue weighted by Crippen LogP contribution is -2.21. The van der Waals surface area contributed by atoms with Crippen LogP contribution >= 0.6 is 0 Å². The van der Waals surface area contributed by atoms with Gasteiger partial charge in [-0.05, 0) is 0 Å². The van der Waals surface area contributed by atoms with Crippen molar-refractivity contribution in [2.75, 3.05) is 20.3 Å². The molecule has 0 bridgehead atoms. The van der Waals surface area contributed by atoms with Crippen molar-refractivity contribution in [2.45, 2.75) is 12.5 Å². The molecule has 4 nitrogen and oxygen atoms in total. The number of hydrogen-bond donors (Lipinski definition) is 1. The van der Waals surface area contributed by atoms with Crippen molar-refractivity contribution in [1.29, 1.82) is 0 Å². The summed E-state index contributed by atoms with van der Waals surface area (Å²) in [4.78, 5) is 10.7. The Hall–Kier alpha value is -0.610. The maximum Gasteiger partial charge on any atom is 0.305 e. The molecule has 0 aliphatic carbocycles. The molecule has 0 radical (unpaired) electrons. The highest BCUT2D eigenvalue weighted by Crippen LogP contribution is 2.17. The molecule has 1 fully saturated rings. The van der Waals surface area contributed by atoms with Gasteiger partial charge in [-0.25, -0.2) is 0 Å². The molecular formula is C7H12O4. The number of carbonyl (C=O) groups is 1. The fourth-order valence-corrected chi connectivity index (χ4v) is 1.08. The van der Waals surface area contributed by atoms with Gasteiger partial charge < -0.3 is 14.6 Å². The second-order valence-corrected chi connectivity index (χ2v) is 2.65. The molecule has 1 aliphatic heterocycles. The van der Waals surface area contributed by atoms with Gasteiger partial charge in [-0.2, -0.15) is 0 Å². The highest BCUT2D eigenvalue weighted by Gasteiger charge is 2.28. The summed E-state index contributed by atoms with van der Waals surface area (Å²) in [6.45, 7) is 0.790. The summed E-state index contributed by atoms with van der Waals surface area (Å²) in [5.41, 5.74) is 0. The highest BCUT2D eigenvalue weighted by molar-refractivity contribution is 5.69. The van der Waals surface area contributed by atoms with Gasteiger partial charge in [0.1, 0.15) is 0 Å². The van der Waals surface area contributed by atoms with E-state index in [2.05, 4.69) is 4.74 Å². The van der Waals surface area contributed by atoms with E-state index in [-0.39, 0.29) is 18.3 Å².